The van der Waals surface area contributed by atoms with Gasteiger partial charge in [0, 0.05) is 6.54 Å². The van der Waals surface area contributed by atoms with Crippen LogP contribution in [0.1, 0.15) is 12.5 Å². The molecule has 2 atom stereocenters. The number of carbonyl (C=O) groups is 2. The number of hydrogen-bond donors (Lipinski definition) is 1. The first-order valence-corrected chi connectivity index (χ1v) is 5.50. The van der Waals surface area contributed by atoms with Gasteiger partial charge < -0.3 is 5.32 Å². The van der Waals surface area contributed by atoms with E-state index in [0.29, 0.717) is 6.54 Å². The number of benzene rings is 1. The van der Waals surface area contributed by atoms with E-state index in [-0.39, 0.29) is 17.6 Å². The van der Waals surface area contributed by atoms with E-state index >= 15 is 0 Å². The van der Waals surface area contributed by atoms with Crippen LogP contribution in [0.3, 0.4) is 0 Å². The van der Waals surface area contributed by atoms with Crippen LogP contribution in [0.25, 0.3) is 0 Å². The molecule has 0 aromatic heterocycles. The van der Waals surface area contributed by atoms with Gasteiger partial charge in [0.1, 0.15) is 11.7 Å². The minimum atomic E-state index is -0.458. The van der Waals surface area contributed by atoms with Gasteiger partial charge in [-0.25, -0.2) is 0 Å². The molecule has 1 fully saturated rings. The van der Waals surface area contributed by atoms with Crippen LogP contribution in [0.4, 0.5) is 0 Å². The van der Waals surface area contributed by atoms with Gasteiger partial charge in [-0.2, -0.15) is 0 Å². The van der Waals surface area contributed by atoms with Crippen LogP contribution in [0.5, 0.6) is 0 Å². The first kappa shape index (κ1) is 10.9. The summed E-state index contributed by atoms with van der Waals surface area (Å²) in [7, 11) is 0. The topological polar surface area (TPSA) is 46.2 Å². The quantitative estimate of drug-likeness (QED) is 0.773. The van der Waals surface area contributed by atoms with Crippen LogP contribution >= 0.6 is 0 Å². The van der Waals surface area contributed by atoms with Crippen LogP contribution in [0.2, 0.25) is 0 Å². The standard InChI is InChI=1S/C13H15NO2/c1-9(15)12-11(8-14-13(12)16)7-10-5-3-2-4-6-10/h2-6,11-12H,7-8H2,1H3,(H,14,16)/t11?,12-/m1/s1. The maximum absolute atomic E-state index is 11.5. The van der Waals surface area contributed by atoms with Gasteiger partial charge in [-0.1, -0.05) is 30.3 Å². The lowest BCUT2D eigenvalue weighted by Crippen LogP contribution is -2.26. The molecule has 0 aliphatic carbocycles. The maximum Gasteiger partial charge on any atom is 0.230 e. The highest BCUT2D eigenvalue weighted by Gasteiger charge is 2.37. The third-order valence-corrected chi connectivity index (χ3v) is 3.07. The molecule has 0 saturated carbocycles. The Morgan fingerprint density at radius 2 is 2.06 bits per heavy atom. The van der Waals surface area contributed by atoms with Crippen LogP contribution in [-0.2, 0) is 16.0 Å². The summed E-state index contributed by atoms with van der Waals surface area (Å²) in [6.07, 6.45) is 0.782. The van der Waals surface area contributed by atoms with E-state index < -0.39 is 5.92 Å². The summed E-state index contributed by atoms with van der Waals surface area (Å²) in [5.74, 6) is -0.503. The third-order valence-electron chi connectivity index (χ3n) is 3.07. The van der Waals surface area contributed by atoms with Crippen molar-refractivity contribution in [3.05, 3.63) is 35.9 Å². The number of Topliss-reactive ketones (excluding diaryl/α,β-unsaturated/α-hetero) is 1. The van der Waals surface area contributed by atoms with Crippen molar-refractivity contribution in [3.63, 3.8) is 0 Å². The summed E-state index contributed by atoms with van der Waals surface area (Å²) in [6, 6.07) is 9.97. The summed E-state index contributed by atoms with van der Waals surface area (Å²) in [5, 5.41) is 2.76. The maximum atomic E-state index is 11.5. The number of carbonyl (C=O) groups excluding carboxylic acids is 2. The minimum Gasteiger partial charge on any atom is -0.355 e. The second-order valence-corrected chi connectivity index (χ2v) is 4.28. The smallest absolute Gasteiger partial charge is 0.230 e. The monoisotopic (exact) mass is 217 g/mol. The average molecular weight is 217 g/mol. The Kier molecular flexibility index (Phi) is 3.04. The molecule has 2 rings (SSSR count). The van der Waals surface area contributed by atoms with Crippen molar-refractivity contribution in [1.82, 2.24) is 5.32 Å². The minimum absolute atomic E-state index is 0.0315. The highest BCUT2D eigenvalue weighted by molar-refractivity contribution is 6.02. The Labute approximate surface area is 94.9 Å². The second-order valence-electron chi connectivity index (χ2n) is 4.28. The SMILES string of the molecule is CC(=O)[C@H]1C(=O)NCC1Cc1ccccc1. The van der Waals surface area contributed by atoms with E-state index in [1.165, 1.54) is 12.5 Å². The van der Waals surface area contributed by atoms with E-state index in [2.05, 4.69) is 5.32 Å². The van der Waals surface area contributed by atoms with Crippen molar-refractivity contribution in [2.24, 2.45) is 11.8 Å². The van der Waals surface area contributed by atoms with Gasteiger partial charge in [0.15, 0.2) is 0 Å². The van der Waals surface area contributed by atoms with Gasteiger partial charge in [0.05, 0.1) is 0 Å². The predicted octanol–water partition coefficient (Wildman–Crippen LogP) is 1.18. The third kappa shape index (κ3) is 2.13. The first-order chi connectivity index (χ1) is 7.68. The second kappa shape index (κ2) is 4.47. The molecule has 84 valence electrons. The van der Waals surface area contributed by atoms with Crippen LogP contribution < -0.4 is 5.32 Å². The number of nitrogens with one attached hydrogen (secondary N) is 1. The molecule has 1 aromatic carbocycles. The number of rotatable bonds is 3. The fourth-order valence-electron chi connectivity index (χ4n) is 2.30. The lowest BCUT2D eigenvalue weighted by atomic mass is 9.87. The lowest BCUT2D eigenvalue weighted by Gasteiger charge is -2.13. The van der Waals surface area contributed by atoms with E-state index in [9.17, 15) is 9.59 Å². The van der Waals surface area contributed by atoms with Gasteiger partial charge in [-0.15, -0.1) is 0 Å². The zero-order valence-corrected chi connectivity index (χ0v) is 9.27. The molecule has 1 N–H and O–H groups in total. The molecule has 1 aliphatic rings. The molecule has 1 aliphatic heterocycles. The molecule has 1 amide bonds. The summed E-state index contributed by atoms with van der Waals surface area (Å²) in [4.78, 5) is 22.9. The number of ketones is 1. The molecule has 1 aromatic rings. The summed E-state index contributed by atoms with van der Waals surface area (Å²) >= 11 is 0. The largest absolute Gasteiger partial charge is 0.355 e. The molecule has 1 unspecified atom stereocenters. The first-order valence-electron chi connectivity index (χ1n) is 5.50. The Bertz CT molecular complexity index is 400. The molecule has 3 heteroatoms. The molecule has 0 bridgehead atoms. The fourth-order valence-corrected chi connectivity index (χ4v) is 2.30. The van der Waals surface area contributed by atoms with E-state index in [0.717, 1.165) is 6.42 Å². The Morgan fingerprint density at radius 1 is 1.38 bits per heavy atom. The van der Waals surface area contributed by atoms with E-state index in [1.54, 1.807) is 0 Å². The lowest BCUT2D eigenvalue weighted by molar-refractivity contribution is -0.131. The summed E-state index contributed by atoms with van der Waals surface area (Å²) in [5.41, 5.74) is 1.18. The molecule has 1 saturated heterocycles. The van der Waals surface area contributed by atoms with Crippen molar-refractivity contribution in [3.8, 4) is 0 Å². The van der Waals surface area contributed by atoms with Crippen LogP contribution in [0.15, 0.2) is 30.3 Å². The Morgan fingerprint density at radius 3 is 2.69 bits per heavy atom. The van der Waals surface area contributed by atoms with Gasteiger partial charge in [0.25, 0.3) is 0 Å². The van der Waals surface area contributed by atoms with Crippen molar-refractivity contribution in [2.75, 3.05) is 6.54 Å². The van der Waals surface area contributed by atoms with Crippen molar-refractivity contribution in [1.29, 1.82) is 0 Å². The Balaban J connectivity index is 2.10. The fraction of sp³-hybridized carbons (Fsp3) is 0.385. The van der Waals surface area contributed by atoms with Gasteiger partial charge in [-0.3, -0.25) is 9.59 Å². The molecule has 3 nitrogen and oxygen atoms in total. The molecular weight excluding hydrogens is 202 g/mol. The van der Waals surface area contributed by atoms with Crippen LogP contribution in [-0.4, -0.2) is 18.2 Å². The predicted molar refractivity (Wildman–Crippen MR) is 60.8 cm³/mol. The zero-order chi connectivity index (χ0) is 11.5. The van der Waals surface area contributed by atoms with E-state index in [1.807, 2.05) is 30.3 Å². The van der Waals surface area contributed by atoms with Crippen molar-refractivity contribution >= 4 is 11.7 Å². The average Bonchev–Trinajstić information content (AvgIpc) is 2.61. The normalized spacial score (nSPS) is 24.2. The van der Waals surface area contributed by atoms with E-state index in [4.69, 9.17) is 0 Å². The summed E-state index contributed by atoms with van der Waals surface area (Å²) < 4.78 is 0. The Hall–Kier alpha value is -1.64. The van der Waals surface area contributed by atoms with Crippen molar-refractivity contribution in [2.45, 2.75) is 13.3 Å². The highest BCUT2D eigenvalue weighted by Crippen LogP contribution is 2.23. The van der Waals surface area contributed by atoms with Crippen molar-refractivity contribution < 1.29 is 9.59 Å². The van der Waals surface area contributed by atoms with Gasteiger partial charge in [0.2, 0.25) is 5.91 Å². The molecule has 0 radical (unpaired) electrons. The summed E-state index contributed by atoms with van der Waals surface area (Å²) in [6.45, 7) is 2.10. The molecule has 1 heterocycles. The zero-order valence-electron chi connectivity index (χ0n) is 9.27. The molecule has 0 spiro atoms. The van der Waals surface area contributed by atoms with Gasteiger partial charge >= 0.3 is 0 Å². The van der Waals surface area contributed by atoms with Crippen LogP contribution in [0, 0.1) is 11.8 Å². The number of hydrogen-bond acceptors (Lipinski definition) is 2. The number of amides is 1. The molecular formula is C13H15NO2. The highest BCUT2D eigenvalue weighted by atomic mass is 16.2. The van der Waals surface area contributed by atoms with Gasteiger partial charge in [-0.05, 0) is 24.8 Å². The molecule has 16 heavy (non-hydrogen) atoms.